The number of rotatable bonds is 5. The molecule has 0 aliphatic carbocycles. The molecule has 150 valence electrons. The Balaban J connectivity index is 1.30. The number of amides is 1. The lowest BCUT2D eigenvalue weighted by molar-refractivity contribution is 0.102. The summed E-state index contributed by atoms with van der Waals surface area (Å²) in [7, 11) is 0. The lowest BCUT2D eigenvalue weighted by Crippen LogP contribution is -2.46. The fourth-order valence-electron chi connectivity index (χ4n) is 3.26. The number of aromatic nitrogens is 1. The zero-order valence-electron chi connectivity index (χ0n) is 15.6. The summed E-state index contributed by atoms with van der Waals surface area (Å²) in [6.07, 6.45) is 1.37. The van der Waals surface area contributed by atoms with Crippen LogP contribution >= 0.6 is 11.6 Å². The summed E-state index contributed by atoms with van der Waals surface area (Å²) in [5.41, 5.74) is 1.84. The SMILES string of the molecule is O=C(Nc1cccc(Cl)c1)c1coc(CN2CCN(c3ccc(F)cc3)CC2)n1. The molecule has 2 aromatic carbocycles. The third-order valence-electron chi connectivity index (χ3n) is 4.79. The number of carbonyl (C=O) groups is 1. The zero-order valence-corrected chi connectivity index (χ0v) is 16.4. The first kappa shape index (κ1) is 19.4. The quantitative estimate of drug-likeness (QED) is 0.682. The van der Waals surface area contributed by atoms with Crippen LogP contribution in [-0.2, 0) is 6.54 Å². The highest BCUT2D eigenvalue weighted by Gasteiger charge is 2.20. The van der Waals surface area contributed by atoms with Crippen molar-refractivity contribution in [1.29, 1.82) is 0 Å². The van der Waals surface area contributed by atoms with Gasteiger partial charge in [-0.1, -0.05) is 17.7 Å². The molecule has 0 atom stereocenters. The van der Waals surface area contributed by atoms with Crippen LogP contribution in [0.2, 0.25) is 5.02 Å². The highest BCUT2D eigenvalue weighted by molar-refractivity contribution is 6.30. The molecule has 1 amide bonds. The highest BCUT2D eigenvalue weighted by atomic mass is 35.5. The van der Waals surface area contributed by atoms with Gasteiger partial charge in [0.2, 0.25) is 5.89 Å². The lowest BCUT2D eigenvalue weighted by atomic mass is 10.2. The topological polar surface area (TPSA) is 61.6 Å². The Bertz CT molecular complexity index is 984. The molecule has 3 aromatic rings. The van der Waals surface area contributed by atoms with E-state index in [9.17, 15) is 9.18 Å². The summed E-state index contributed by atoms with van der Waals surface area (Å²) >= 11 is 5.93. The number of nitrogens with zero attached hydrogens (tertiary/aromatic N) is 3. The average molecular weight is 415 g/mol. The van der Waals surface area contributed by atoms with E-state index in [1.807, 2.05) is 0 Å². The number of carbonyl (C=O) groups excluding carboxylic acids is 1. The van der Waals surface area contributed by atoms with Crippen LogP contribution in [0.15, 0.2) is 59.2 Å². The molecular formula is C21H20ClFN4O2. The second-order valence-corrected chi connectivity index (χ2v) is 7.27. The Morgan fingerprint density at radius 3 is 2.62 bits per heavy atom. The van der Waals surface area contributed by atoms with E-state index in [1.54, 1.807) is 36.4 Å². The molecular weight excluding hydrogens is 395 g/mol. The molecule has 0 bridgehead atoms. The maximum Gasteiger partial charge on any atom is 0.277 e. The number of halogens is 2. The van der Waals surface area contributed by atoms with Crippen LogP contribution in [0.3, 0.4) is 0 Å². The van der Waals surface area contributed by atoms with E-state index >= 15 is 0 Å². The van der Waals surface area contributed by atoms with E-state index < -0.39 is 0 Å². The van der Waals surface area contributed by atoms with Crippen molar-refractivity contribution < 1.29 is 13.6 Å². The average Bonchev–Trinajstić information content (AvgIpc) is 3.18. The molecule has 0 unspecified atom stereocenters. The maximum atomic E-state index is 13.1. The molecule has 1 aliphatic heterocycles. The van der Waals surface area contributed by atoms with Gasteiger partial charge in [-0.25, -0.2) is 9.37 Å². The van der Waals surface area contributed by atoms with Crippen LogP contribution in [0.1, 0.15) is 16.4 Å². The number of hydrogen-bond donors (Lipinski definition) is 1. The van der Waals surface area contributed by atoms with Crippen LogP contribution in [0, 0.1) is 5.82 Å². The Hall–Kier alpha value is -2.90. The van der Waals surface area contributed by atoms with E-state index in [1.165, 1.54) is 18.4 Å². The van der Waals surface area contributed by atoms with Gasteiger partial charge in [-0.05, 0) is 42.5 Å². The number of piperazine rings is 1. The van der Waals surface area contributed by atoms with Crippen molar-refractivity contribution >= 4 is 28.9 Å². The van der Waals surface area contributed by atoms with Crippen molar-refractivity contribution in [1.82, 2.24) is 9.88 Å². The number of hydrogen-bond acceptors (Lipinski definition) is 5. The van der Waals surface area contributed by atoms with Crippen molar-refractivity contribution in [2.24, 2.45) is 0 Å². The highest BCUT2D eigenvalue weighted by Crippen LogP contribution is 2.19. The Morgan fingerprint density at radius 1 is 1.14 bits per heavy atom. The van der Waals surface area contributed by atoms with E-state index in [0.29, 0.717) is 23.1 Å². The van der Waals surface area contributed by atoms with E-state index in [-0.39, 0.29) is 17.4 Å². The molecule has 1 aliphatic rings. The first-order valence-corrected chi connectivity index (χ1v) is 9.69. The molecule has 6 nitrogen and oxygen atoms in total. The predicted octanol–water partition coefficient (Wildman–Crippen LogP) is 4.04. The molecule has 1 aromatic heterocycles. The first-order chi connectivity index (χ1) is 14.1. The zero-order chi connectivity index (χ0) is 20.2. The maximum absolute atomic E-state index is 13.1. The van der Waals surface area contributed by atoms with Gasteiger partial charge in [0.1, 0.15) is 12.1 Å². The third-order valence-corrected chi connectivity index (χ3v) is 5.02. The summed E-state index contributed by atoms with van der Waals surface area (Å²) in [4.78, 5) is 21.1. The molecule has 8 heteroatoms. The van der Waals surface area contributed by atoms with Crippen molar-refractivity contribution in [3.63, 3.8) is 0 Å². The summed E-state index contributed by atoms with van der Waals surface area (Å²) in [6, 6.07) is 13.5. The lowest BCUT2D eigenvalue weighted by Gasteiger charge is -2.35. The summed E-state index contributed by atoms with van der Waals surface area (Å²) < 4.78 is 18.6. The molecule has 2 heterocycles. The van der Waals surface area contributed by atoms with Gasteiger partial charge < -0.3 is 14.6 Å². The first-order valence-electron chi connectivity index (χ1n) is 9.31. The molecule has 1 N–H and O–H groups in total. The van der Waals surface area contributed by atoms with Gasteiger partial charge in [0.05, 0.1) is 6.54 Å². The van der Waals surface area contributed by atoms with Gasteiger partial charge in [0, 0.05) is 42.6 Å². The molecule has 29 heavy (non-hydrogen) atoms. The standard InChI is InChI=1S/C21H20ClFN4O2/c22-15-2-1-3-17(12-15)24-21(28)19-14-29-20(25-19)13-26-8-10-27(11-9-26)18-6-4-16(23)5-7-18/h1-7,12,14H,8-11,13H2,(H,24,28). The Morgan fingerprint density at radius 2 is 1.90 bits per heavy atom. The third kappa shape index (κ3) is 4.93. The molecule has 0 saturated carbocycles. The molecule has 0 radical (unpaired) electrons. The smallest absolute Gasteiger partial charge is 0.277 e. The number of nitrogens with one attached hydrogen (secondary N) is 1. The van der Waals surface area contributed by atoms with Crippen molar-refractivity contribution in [3.8, 4) is 0 Å². The van der Waals surface area contributed by atoms with E-state index in [2.05, 4.69) is 20.1 Å². The number of anilines is 2. The van der Waals surface area contributed by atoms with Crippen molar-refractivity contribution in [3.05, 3.63) is 77.2 Å². The van der Waals surface area contributed by atoms with Gasteiger partial charge in [-0.15, -0.1) is 0 Å². The van der Waals surface area contributed by atoms with Crippen LogP contribution in [0.25, 0.3) is 0 Å². The summed E-state index contributed by atoms with van der Waals surface area (Å²) in [5, 5.41) is 3.30. The molecule has 4 rings (SSSR count). The minimum Gasteiger partial charge on any atom is -0.447 e. The minimum atomic E-state index is -0.344. The van der Waals surface area contributed by atoms with Crippen molar-refractivity contribution in [2.75, 3.05) is 36.4 Å². The van der Waals surface area contributed by atoms with E-state index in [4.69, 9.17) is 16.0 Å². The number of oxazole rings is 1. The summed E-state index contributed by atoms with van der Waals surface area (Å²) in [6.45, 7) is 3.83. The monoisotopic (exact) mass is 414 g/mol. The van der Waals surface area contributed by atoms with Gasteiger partial charge >= 0.3 is 0 Å². The van der Waals surface area contributed by atoms with Crippen LogP contribution in [0.5, 0.6) is 0 Å². The van der Waals surface area contributed by atoms with E-state index in [0.717, 1.165) is 31.9 Å². The van der Waals surface area contributed by atoms with Crippen LogP contribution in [-0.4, -0.2) is 42.0 Å². The molecule has 1 fully saturated rings. The summed E-state index contributed by atoms with van der Waals surface area (Å²) in [5.74, 6) is -0.0774. The minimum absolute atomic E-state index is 0.227. The largest absolute Gasteiger partial charge is 0.447 e. The second-order valence-electron chi connectivity index (χ2n) is 6.83. The van der Waals surface area contributed by atoms with Crippen LogP contribution < -0.4 is 10.2 Å². The van der Waals surface area contributed by atoms with Gasteiger partial charge in [0.25, 0.3) is 5.91 Å². The normalized spacial score (nSPS) is 14.8. The van der Waals surface area contributed by atoms with Gasteiger partial charge in [0.15, 0.2) is 5.69 Å². The van der Waals surface area contributed by atoms with Gasteiger partial charge in [-0.3, -0.25) is 9.69 Å². The van der Waals surface area contributed by atoms with Crippen LogP contribution in [0.4, 0.5) is 15.8 Å². The molecule has 1 saturated heterocycles. The second kappa shape index (κ2) is 8.63. The fourth-order valence-corrected chi connectivity index (χ4v) is 3.45. The number of benzene rings is 2. The predicted molar refractivity (Wildman–Crippen MR) is 110 cm³/mol. The Kier molecular flexibility index (Phi) is 5.78. The fraction of sp³-hybridized carbons (Fsp3) is 0.238. The van der Waals surface area contributed by atoms with Crippen molar-refractivity contribution in [2.45, 2.75) is 6.54 Å². The Labute approximate surface area is 172 Å². The van der Waals surface area contributed by atoms with Gasteiger partial charge in [-0.2, -0.15) is 0 Å². The molecule has 0 spiro atoms.